The monoisotopic (exact) mass is 325 g/mol. The van der Waals surface area contributed by atoms with Gasteiger partial charge < -0.3 is 10.4 Å². The quantitative estimate of drug-likeness (QED) is 0.290. The van der Waals surface area contributed by atoms with E-state index in [1.165, 1.54) is 0 Å². The van der Waals surface area contributed by atoms with E-state index in [0.717, 1.165) is 31.4 Å². The molecule has 0 saturated heterocycles. The van der Waals surface area contributed by atoms with Gasteiger partial charge in [0.2, 0.25) is 5.69 Å². The van der Waals surface area contributed by atoms with Gasteiger partial charge in [0.05, 0.1) is 17.2 Å². The largest absolute Gasteiger partial charge is 0.710 e. The number of nitrogens with zero attached hydrogens (tertiary/aromatic N) is 3. The van der Waals surface area contributed by atoms with Crippen LogP contribution >= 0.6 is 0 Å². The van der Waals surface area contributed by atoms with Gasteiger partial charge in [-0.15, -0.1) is 0 Å². The van der Waals surface area contributed by atoms with Crippen LogP contribution in [0, 0.1) is 16.5 Å². The number of nitriles is 1. The minimum absolute atomic E-state index is 0.140. The molecule has 0 fully saturated rings. The zero-order chi connectivity index (χ0) is 17.1. The van der Waals surface area contributed by atoms with Crippen molar-refractivity contribution in [1.82, 2.24) is 4.73 Å². The number of aromatic nitrogens is 2. The molecule has 0 spiro atoms. The number of benzene rings is 3. The maximum absolute atomic E-state index is 13.0. The topological polar surface area (TPSA) is 75.9 Å². The molecule has 0 saturated carbocycles. The highest BCUT2D eigenvalue weighted by molar-refractivity contribution is 6.13. The molecule has 1 aromatic heterocycles. The molecule has 118 valence electrons. The van der Waals surface area contributed by atoms with Crippen LogP contribution in [-0.4, -0.2) is 9.94 Å². The number of fused-ring (bicyclic) bond motifs is 3. The summed E-state index contributed by atoms with van der Waals surface area (Å²) >= 11 is 0. The molecule has 0 radical (unpaired) electrons. The fourth-order valence-corrected chi connectivity index (χ4v) is 3.64. The summed E-state index contributed by atoms with van der Waals surface area (Å²) < 4.78 is 1.73. The third kappa shape index (κ3) is 1.63. The molecule has 3 aromatic carbocycles. The average molecular weight is 325 g/mol. The first-order chi connectivity index (χ1) is 12.2. The van der Waals surface area contributed by atoms with Crippen molar-refractivity contribution in [1.29, 1.82) is 5.26 Å². The van der Waals surface area contributed by atoms with Crippen molar-refractivity contribution in [2.75, 3.05) is 0 Å². The van der Waals surface area contributed by atoms with Crippen molar-refractivity contribution in [3.8, 4) is 40.0 Å². The Labute approximate surface area is 142 Å². The second-order valence-electron chi connectivity index (χ2n) is 6.03. The molecule has 5 nitrogen and oxygen atoms in total. The summed E-state index contributed by atoms with van der Waals surface area (Å²) in [6.07, 6.45) is 0. The van der Waals surface area contributed by atoms with Crippen LogP contribution in [0.4, 0.5) is 0 Å². The van der Waals surface area contributed by atoms with E-state index in [4.69, 9.17) is 5.26 Å². The van der Waals surface area contributed by atoms with E-state index < -0.39 is 0 Å². The Balaban J connectivity index is 1.83. The lowest BCUT2D eigenvalue weighted by atomic mass is 10.0. The molecule has 5 rings (SSSR count). The van der Waals surface area contributed by atoms with E-state index >= 15 is 0 Å². The lowest BCUT2D eigenvalue weighted by Crippen LogP contribution is -2.29. The minimum Gasteiger partial charge on any atom is -0.710 e. The first-order valence-electron chi connectivity index (χ1n) is 7.81. The van der Waals surface area contributed by atoms with E-state index in [9.17, 15) is 10.4 Å². The van der Waals surface area contributed by atoms with Crippen LogP contribution < -0.4 is 4.73 Å². The summed E-state index contributed by atoms with van der Waals surface area (Å²) in [6.45, 7) is 0. The van der Waals surface area contributed by atoms with Gasteiger partial charge in [0.25, 0.3) is 0 Å². The molecule has 4 aromatic rings. The molecule has 1 aliphatic rings. The van der Waals surface area contributed by atoms with Gasteiger partial charge in [0.15, 0.2) is 5.69 Å². The predicted octanol–water partition coefficient (Wildman–Crippen LogP) is 3.70. The van der Waals surface area contributed by atoms with Crippen LogP contribution in [0.25, 0.3) is 44.7 Å². The number of hydrogen-bond donors (Lipinski definition) is 1. The Kier molecular flexibility index (Phi) is 2.52. The number of imidazole rings is 1. The Morgan fingerprint density at radius 1 is 0.960 bits per heavy atom. The lowest BCUT2D eigenvalue weighted by molar-refractivity contribution is -0.582. The van der Waals surface area contributed by atoms with Gasteiger partial charge in [-0.25, -0.2) is 4.73 Å². The van der Waals surface area contributed by atoms with Crippen LogP contribution in [0.2, 0.25) is 0 Å². The van der Waals surface area contributed by atoms with Gasteiger partial charge in [0, 0.05) is 16.5 Å². The second kappa shape index (κ2) is 4.62. The predicted molar refractivity (Wildman–Crippen MR) is 92.7 cm³/mol. The average Bonchev–Trinajstić information content (AvgIpc) is 3.11. The molecule has 1 N–H and O–H groups in total. The zero-order valence-corrected chi connectivity index (χ0v) is 13.0. The zero-order valence-electron chi connectivity index (χ0n) is 13.0. The molecule has 1 aliphatic carbocycles. The molecule has 25 heavy (non-hydrogen) atoms. The van der Waals surface area contributed by atoms with Crippen LogP contribution in [0.3, 0.4) is 0 Å². The van der Waals surface area contributed by atoms with Crippen molar-refractivity contribution in [2.24, 2.45) is 0 Å². The van der Waals surface area contributed by atoms with Crippen molar-refractivity contribution in [3.63, 3.8) is 0 Å². The summed E-state index contributed by atoms with van der Waals surface area (Å²) in [7, 11) is 0. The Morgan fingerprint density at radius 2 is 1.64 bits per heavy atom. The lowest BCUT2D eigenvalue weighted by Gasteiger charge is -2.07. The van der Waals surface area contributed by atoms with Crippen LogP contribution in [-0.2, 0) is 0 Å². The van der Waals surface area contributed by atoms with E-state index in [1.54, 1.807) is 24.3 Å². The summed E-state index contributed by atoms with van der Waals surface area (Å²) in [5, 5.41) is 34.7. The molecular formula is C20H11N3O2. The first-order valence-corrected chi connectivity index (χ1v) is 7.81. The highest BCUT2D eigenvalue weighted by Gasteiger charge is 2.37. The first kappa shape index (κ1) is 13.6. The normalized spacial score (nSPS) is 11.5. The minimum atomic E-state index is 0.140. The van der Waals surface area contributed by atoms with Gasteiger partial charge in [-0.3, -0.25) is 0 Å². The molecular weight excluding hydrogens is 314 g/mol. The molecule has 0 bridgehead atoms. The van der Waals surface area contributed by atoms with Crippen molar-refractivity contribution in [2.45, 2.75) is 0 Å². The Morgan fingerprint density at radius 3 is 2.32 bits per heavy atom. The van der Waals surface area contributed by atoms with Crippen LogP contribution in [0.1, 0.15) is 5.56 Å². The van der Waals surface area contributed by atoms with Gasteiger partial charge >= 0.3 is 5.82 Å². The van der Waals surface area contributed by atoms with E-state index in [1.807, 2.05) is 42.5 Å². The SMILES string of the molecule is N#Cc1ccc(-c2n(O)c3c([n+]2[O-])-c2cccc4cccc-3c24)cc1. The number of rotatable bonds is 1. The van der Waals surface area contributed by atoms with Gasteiger partial charge in [0.1, 0.15) is 0 Å². The Bertz CT molecular complexity index is 1150. The van der Waals surface area contributed by atoms with Crippen LogP contribution in [0.5, 0.6) is 0 Å². The summed E-state index contributed by atoms with van der Waals surface area (Å²) in [6, 6.07) is 20.2. The molecule has 0 atom stereocenters. The van der Waals surface area contributed by atoms with Crippen LogP contribution in [0.15, 0.2) is 60.7 Å². The highest BCUT2D eigenvalue weighted by Crippen LogP contribution is 2.46. The second-order valence-corrected chi connectivity index (χ2v) is 6.03. The van der Waals surface area contributed by atoms with Crippen molar-refractivity contribution in [3.05, 3.63) is 71.4 Å². The smallest absolute Gasteiger partial charge is 0.332 e. The standard InChI is InChI=1S/C20H11N3O2/c21-11-12-7-9-14(10-8-12)20-22(24)18-15-5-1-3-13-4-2-6-16(17(13)15)19(18)23(20)25/h1-10,24H. The molecule has 0 aliphatic heterocycles. The third-order valence-corrected chi connectivity index (χ3v) is 4.72. The summed E-state index contributed by atoms with van der Waals surface area (Å²) in [4.78, 5) is 0. The molecule has 0 amide bonds. The van der Waals surface area contributed by atoms with Crippen molar-refractivity contribution >= 4 is 10.8 Å². The molecule has 1 heterocycles. The molecule has 5 heteroatoms. The summed E-state index contributed by atoms with van der Waals surface area (Å²) in [5.41, 5.74) is 3.67. The van der Waals surface area contributed by atoms with E-state index in [2.05, 4.69) is 0 Å². The maximum atomic E-state index is 13.0. The van der Waals surface area contributed by atoms with Gasteiger partial charge in [-0.05, 0) is 46.5 Å². The summed E-state index contributed by atoms with van der Waals surface area (Å²) in [5.74, 6) is 0.140. The number of hydrogen-bond acceptors (Lipinski definition) is 3. The fourth-order valence-electron chi connectivity index (χ4n) is 3.64. The van der Waals surface area contributed by atoms with E-state index in [-0.39, 0.29) is 5.82 Å². The third-order valence-electron chi connectivity index (χ3n) is 4.72. The van der Waals surface area contributed by atoms with E-state index in [0.29, 0.717) is 22.5 Å². The fraction of sp³-hybridized carbons (Fsp3) is 0. The highest BCUT2D eigenvalue weighted by atomic mass is 16.5. The maximum Gasteiger partial charge on any atom is 0.332 e. The van der Waals surface area contributed by atoms with Gasteiger partial charge in [-0.1, -0.05) is 24.3 Å². The van der Waals surface area contributed by atoms with Crippen molar-refractivity contribution < 1.29 is 9.94 Å². The molecule has 0 unspecified atom stereocenters. The Hall–Kier alpha value is -3.78. The van der Waals surface area contributed by atoms with Gasteiger partial charge in [-0.2, -0.15) is 5.26 Å².